The number of benzene rings is 1. The number of hydrogen-bond donors (Lipinski definition) is 1. The number of sulfonamides is 1. The summed E-state index contributed by atoms with van der Waals surface area (Å²) in [4.78, 5) is 15.9. The average molecular weight is 438 g/mol. The molecule has 2 heterocycles. The van der Waals surface area contributed by atoms with Crippen molar-refractivity contribution in [3.05, 3.63) is 70.4 Å². The van der Waals surface area contributed by atoms with E-state index in [9.17, 15) is 26.4 Å². The standard InChI is InChI=1S/C19H17F3N4O3S/c1-3-30(28,29)25-14-6-4-5-13(9-14)16-10-18(27)26(24-12(16)2)15-7-8-17(23-11-15)19(20,21)22/h4-11,25H,3H2,1-2H3. The van der Waals surface area contributed by atoms with Crippen molar-refractivity contribution in [1.82, 2.24) is 14.8 Å². The van der Waals surface area contributed by atoms with Crippen LogP contribution in [0.1, 0.15) is 18.3 Å². The fourth-order valence-corrected chi connectivity index (χ4v) is 3.33. The fraction of sp³-hybridized carbons (Fsp3) is 0.211. The summed E-state index contributed by atoms with van der Waals surface area (Å²) in [6, 6.07) is 9.65. The number of anilines is 1. The topological polar surface area (TPSA) is 94.0 Å². The Hall–Kier alpha value is -3.21. The molecule has 3 aromatic rings. The smallest absolute Gasteiger partial charge is 0.284 e. The van der Waals surface area contributed by atoms with Crippen LogP contribution in [0, 0.1) is 6.92 Å². The third kappa shape index (κ3) is 4.67. The van der Waals surface area contributed by atoms with Gasteiger partial charge in [-0.25, -0.2) is 13.4 Å². The Morgan fingerprint density at radius 1 is 1.13 bits per heavy atom. The van der Waals surface area contributed by atoms with E-state index < -0.39 is 27.5 Å². The van der Waals surface area contributed by atoms with Crippen LogP contribution in [-0.4, -0.2) is 28.9 Å². The highest BCUT2D eigenvalue weighted by molar-refractivity contribution is 7.92. The molecular formula is C19H17F3N4O3S. The molecule has 0 aliphatic rings. The first-order valence-corrected chi connectivity index (χ1v) is 10.4. The number of aryl methyl sites for hydroxylation is 1. The van der Waals surface area contributed by atoms with Crippen LogP contribution in [0.5, 0.6) is 0 Å². The molecule has 0 saturated carbocycles. The second-order valence-corrected chi connectivity index (χ2v) is 8.39. The molecule has 1 aromatic carbocycles. The van der Waals surface area contributed by atoms with Gasteiger partial charge in [0.25, 0.3) is 5.56 Å². The molecule has 1 N–H and O–H groups in total. The third-order valence-electron chi connectivity index (χ3n) is 4.23. The molecule has 0 amide bonds. The van der Waals surface area contributed by atoms with Gasteiger partial charge in [0.15, 0.2) is 0 Å². The van der Waals surface area contributed by atoms with Gasteiger partial charge >= 0.3 is 6.18 Å². The van der Waals surface area contributed by atoms with Gasteiger partial charge in [0, 0.05) is 17.3 Å². The summed E-state index contributed by atoms with van der Waals surface area (Å²) in [5.74, 6) is -0.0883. The number of halogens is 3. The lowest BCUT2D eigenvalue weighted by atomic mass is 10.0. The van der Waals surface area contributed by atoms with E-state index in [1.165, 1.54) is 13.0 Å². The number of pyridine rings is 1. The predicted molar refractivity (Wildman–Crippen MR) is 106 cm³/mol. The van der Waals surface area contributed by atoms with Crippen molar-refractivity contribution in [2.45, 2.75) is 20.0 Å². The van der Waals surface area contributed by atoms with Crippen molar-refractivity contribution in [2.24, 2.45) is 0 Å². The lowest BCUT2D eigenvalue weighted by Gasteiger charge is -2.12. The van der Waals surface area contributed by atoms with Crippen molar-refractivity contribution in [3.8, 4) is 16.8 Å². The van der Waals surface area contributed by atoms with Crippen molar-refractivity contribution in [2.75, 3.05) is 10.5 Å². The van der Waals surface area contributed by atoms with Gasteiger partial charge in [-0.05, 0) is 43.7 Å². The minimum absolute atomic E-state index is 0.0883. The zero-order chi connectivity index (χ0) is 22.1. The van der Waals surface area contributed by atoms with E-state index in [-0.39, 0.29) is 11.4 Å². The van der Waals surface area contributed by atoms with Crippen LogP contribution in [0.3, 0.4) is 0 Å². The SMILES string of the molecule is CCS(=O)(=O)Nc1cccc(-c2cc(=O)n(-c3ccc(C(F)(F)F)nc3)nc2C)c1. The van der Waals surface area contributed by atoms with Crippen LogP contribution in [-0.2, 0) is 16.2 Å². The van der Waals surface area contributed by atoms with Gasteiger partial charge in [-0.3, -0.25) is 9.52 Å². The van der Waals surface area contributed by atoms with Gasteiger partial charge in [-0.2, -0.15) is 23.0 Å². The van der Waals surface area contributed by atoms with Gasteiger partial charge in [0.2, 0.25) is 10.0 Å². The predicted octanol–water partition coefficient (Wildman–Crippen LogP) is 3.38. The Morgan fingerprint density at radius 2 is 1.87 bits per heavy atom. The van der Waals surface area contributed by atoms with Crippen molar-refractivity contribution >= 4 is 15.7 Å². The lowest BCUT2D eigenvalue weighted by molar-refractivity contribution is -0.141. The normalized spacial score (nSPS) is 12.0. The fourth-order valence-electron chi connectivity index (χ4n) is 2.70. The van der Waals surface area contributed by atoms with Crippen LogP contribution in [0.15, 0.2) is 53.5 Å². The monoisotopic (exact) mass is 438 g/mol. The van der Waals surface area contributed by atoms with Crippen LogP contribution < -0.4 is 10.3 Å². The van der Waals surface area contributed by atoms with E-state index in [4.69, 9.17) is 0 Å². The number of nitrogens with zero attached hydrogens (tertiary/aromatic N) is 3. The quantitative estimate of drug-likeness (QED) is 0.659. The summed E-state index contributed by atoms with van der Waals surface area (Å²) >= 11 is 0. The second kappa shape index (κ2) is 7.90. The zero-order valence-corrected chi connectivity index (χ0v) is 16.8. The summed E-state index contributed by atoms with van der Waals surface area (Å²) in [6.07, 6.45) is -3.66. The van der Waals surface area contributed by atoms with Crippen LogP contribution >= 0.6 is 0 Å². The van der Waals surface area contributed by atoms with E-state index in [1.807, 2.05) is 0 Å². The van der Waals surface area contributed by atoms with E-state index in [0.717, 1.165) is 23.0 Å². The molecular weight excluding hydrogens is 421 g/mol. The number of rotatable bonds is 5. The first kappa shape index (κ1) is 21.5. The molecule has 0 aliphatic carbocycles. The summed E-state index contributed by atoms with van der Waals surface area (Å²) in [5, 5.41) is 4.18. The lowest BCUT2D eigenvalue weighted by Crippen LogP contribution is -2.22. The highest BCUT2D eigenvalue weighted by Gasteiger charge is 2.32. The van der Waals surface area contributed by atoms with Crippen LogP contribution in [0.4, 0.5) is 18.9 Å². The largest absolute Gasteiger partial charge is 0.433 e. The second-order valence-electron chi connectivity index (χ2n) is 6.38. The molecule has 0 spiro atoms. The van der Waals surface area contributed by atoms with E-state index >= 15 is 0 Å². The molecule has 11 heteroatoms. The molecule has 0 atom stereocenters. The molecule has 158 valence electrons. The molecule has 0 unspecified atom stereocenters. The maximum atomic E-state index is 12.7. The van der Waals surface area contributed by atoms with Gasteiger partial charge in [-0.15, -0.1) is 0 Å². The highest BCUT2D eigenvalue weighted by atomic mass is 32.2. The summed E-state index contributed by atoms with van der Waals surface area (Å²) < 4.78 is 65.0. The molecule has 0 radical (unpaired) electrons. The molecule has 3 rings (SSSR count). The number of alkyl halides is 3. The Balaban J connectivity index is 1.99. The van der Waals surface area contributed by atoms with Crippen molar-refractivity contribution in [1.29, 1.82) is 0 Å². The first-order chi connectivity index (χ1) is 14.0. The van der Waals surface area contributed by atoms with Crippen molar-refractivity contribution < 1.29 is 21.6 Å². The van der Waals surface area contributed by atoms with Gasteiger partial charge < -0.3 is 0 Å². The minimum atomic E-state index is -4.58. The molecule has 2 aromatic heterocycles. The zero-order valence-electron chi connectivity index (χ0n) is 15.9. The maximum Gasteiger partial charge on any atom is 0.433 e. The maximum absolute atomic E-state index is 12.7. The van der Waals surface area contributed by atoms with E-state index in [1.54, 1.807) is 31.2 Å². The van der Waals surface area contributed by atoms with Crippen LogP contribution in [0.25, 0.3) is 16.8 Å². The number of nitrogens with one attached hydrogen (secondary N) is 1. The molecule has 7 nitrogen and oxygen atoms in total. The molecule has 0 bridgehead atoms. The summed E-state index contributed by atoms with van der Waals surface area (Å²) in [5.41, 5.74) is 0.234. The Labute approximate surface area is 170 Å². The van der Waals surface area contributed by atoms with Gasteiger partial charge in [0.05, 0.1) is 23.3 Å². The summed E-state index contributed by atoms with van der Waals surface area (Å²) in [6.45, 7) is 3.14. The number of aromatic nitrogens is 3. The highest BCUT2D eigenvalue weighted by Crippen LogP contribution is 2.28. The van der Waals surface area contributed by atoms with Crippen molar-refractivity contribution in [3.63, 3.8) is 0 Å². The first-order valence-electron chi connectivity index (χ1n) is 8.76. The summed E-state index contributed by atoms with van der Waals surface area (Å²) in [7, 11) is -3.47. The molecule has 0 aliphatic heterocycles. The minimum Gasteiger partial charge on any atom is -0.284 e. The van der Waals surface area contributed by atoms with E-state index in [2.05, 4.69) is 14.8 Å². The molecule has 0 fully saturated rings. The average Bonchev–Trinajstić information content (AvgIpc) is 2.69. The van der Waals surface area contributed by atoms with Crippen LogP contribution in [0.2, 0.25) is 0 Å². The Morgan fingerprint density at radius 3 is 2.47 bits per heavy atom. The van der Waals surface area contributed by atoms with E-state index in [0.29, 0.717) is 22.5 Å². The Bertz CT molecular complexity index is 1240. The number of hydrogen-bond acceptors (Lipinski definition) is 5. The third-order valence-corrected chi connectivity index (χ3v) is 5.53. The molecule has 30 heavy (non-hydrogen) atoms. The van der Waals surface area contributed by atoms with Gasteiger partial charge in [-0.1, -0.05) is 12.1 Å². The van der Waals surface area contributed by atoms with Gasteiger partial charge in [0.1, 0.15) is 5.69 Å². The molecule has 0 saturated heterocycles. The Kier molecular flexibility index (Phi) is 5.66.